The highest BCUT2D eigenvalue weighted by Crippen LogP contribution is 2.30. The second-order valence-corrected chi connectivity index (χ2v) is 9.53. The second kappa shape index (κ2) is 9.35. The third-order valence-electron chi connectivity index (χ3n) is 5.93. The van der Waals surface area contributed by atoms with Gasteiger partial charge in [0.1, 0.15) is 4.83 Å². The first kappa shape index (κ1) is 22.2. The first-order chi connectivity index (χ1) is 16.5. The van der Waals surface area contributed by atoms with Gasteiger partial charge in [0, 0.05) is 37.5 Å². The maximum Gasteiger partial charge on any atom is 0.260 e. The van der Waals surface area contributed by atoms with Crippen LogP contribution in [0.15, 0.2) is 37.1 Å². The topological polar surface area (TPSA) is 118 Å². The van der Waals surface area contributed by atoms with Crippen molar-refractivity contribution in [1.82, 2.24) is 29.7 Å². The Morgan fingerprint density at radius 1 is 1.21 bits per heavy atom. The van der Waals surface area contributed by atoms with Crippen molar-refractivity contribution in [3.8, 4) is 10.4 Å². The Bertz CT molecular complexity index is 1350. The van der Waals surface area contributed by atoms with E-state index in [0.717, 1.165) is 41.1 Å². The zero-order valence-corrected chi connectivity index (χ0v) is 19.9. The highest BCUT2D eigenvalue weighted by Gasteiger charge is 2.19. The van der Waals surface area contributed by atoms with Gasteiger partial charge in [0.25, 0.3) is 5.91 Å². The molecule has 11 heteroatoms. The molecule has 4 aromatic heterocycles. The van der Waals surface area contributed by atoms with E-state index in [-0.39, 0.29) is 11.8 Å². The first-order valence-corrected chi connectivity index (χ1v) is 12.1. The molecule has 176 valence electrons. The standard InChI is InChI=1S/C23H26N8O2S/c1-14-19(8-17(10-25-14)28-21(32)6-5-16-4-3-7-24-16)29-22(33)18-11-27-31-13-20(34-23(18)31)15-9-26-30(2)12-15/h8-13,16,24H,3-7H2,1-2H3,(H,28,32)(H,29,33). The van der Waals surface area contributed by atoms with Crippen LogP contribution in [-0.2, 0) is 11.8 Å². The number of hydrogen-bond acceptors (Lipinski definition) is 7. The Kier molecular flexibility index (Phi) is 6.12. The number of hydrogen-bond donors (Lipinski definition) is 3. The maximum atomic E-state index is 13.1. The lowest BCUT2D eigenvalue weighted by atomic mass is 10.1. The van der Waals surface area contributed by atoms with Crippen molar-refractivity contribution in [3.63, 3.8) is 0 Å². The highest BCUT2D eigenvalue weighted by atomic mass is 32.1. The zero-order chi connectivity index (χ0) is 23.7. The highest BCUT2D eigenvalue weighted by molar-refractivity contribution is 7.21. The molecule has 1 aliphatic rings. The molecule has 1 fully saturated rings. The average Bonchev–Trinajstić information content (AvgIpc) is 3.59. The molecule has 0 radical (unpaired) electrons. The van der Waals surface area contributed by atoms with Gasteiger partial charge in [0.2, 0.25) is 5.91 Å². The first-order valence-electron chi connectivity index (χ1n) is 11.2. The summed E-state index contributed by atoms with van der Waals surface area (Å²) in [5, 5.41) is 17.7. The van der Waals surface area contributed by atoms with Gasteiger partial charge in [-0.25, -0.2) is 4.52 Å². The minimum Gasteiger partial charge on any atom is -0.325 e. The predicted molar refractivity (Wildman–Crippen MR) is 131 cm³/mol. The van der Waals surface area contributed by atoms with Gasteiger partial charge >= 0.3 is 0 Å². The van der Waals surface area contributed by atoms with Gasteiger partial charge in [-0.15, -0.1) is 11.3 Å². The fraction of sp³-hybridized carbons (Fsp3) is 0.348. The van der Waals surface area contributed by atoms with Crippen molar-refractivity contribution in [2.24, 2.45) is 7.05 Å². The molecule has 0 aliphatic carbocycles. The van der Waals surface area contributed by atoms with Gasteiger partial charge in [0.05, 0.1) is 46.1 Å². The van der Waals surface area contributed by atoms with Crippen LogP contribution in [0.1, 0.15) is 41.7 Å². The largest absolute Gasteiger partial charge is 0.325 e. The minimum absolute atomic E-state index is 0.0588. The smallest absolute Gasteiger partial charge is 0.260 e. The maximum absolute atomic E-state index is 13.1. The Morgan fingerprint density at radius 2 is 2.09 bits per heavy atom. The van der Waals surface area contributed by atoms with Crippen molar-refractivity contribution < 1.29 is 9.59 Å². The van der Waals surface area contributed by atoms with Crippen molar-refractivity contribution in [2.45, 2.75) is 38.6 Å². The molecule has 34 heavy (non-hydrogen) atoms. The number of rotatable bonds is 7. The van der Waals surface area contributed by atoms with Gasteiger partial charge in [0.15, 0.2) is 0 Å². The molecule has 0 bridgehead atoms. The van der Waals surface area contributed by atoms with Crippen LogP contribution in [0.5, 0.6) is 0 Å². The summed E-state index contributed by atoms with van der Waals surface area (Å²) in [7, 11) is 1.86. The van der Waals surface area contributed by atoms with E-state index in [1.54, 1.807) is 33.9 Å². The third kappa shape index (κ3) is 4.70. The third-order valence-corrected chi connectivity index (χ3v) is 7.09. The molecule has 0 saturated carbocycles. The summed E-state index contributed by atoms with van der Waals surface area (Å²) in [5.41, 5.74) is 3.20. The number of nitrogens with zero attached hydrogens (tertiary/aromatic N) is 5. The molecule has 5 rings (SSSR count). The fourth-order valence-corrected chi connectivity index (χ4v) is 5.11. The summed E-state index contributed by atoms with van der Waals surface area (Å²) in [5.74, 6) is -0.341. The quantitative estimate of drug-likeness (QED) is 0.375. The van der Waals surface area contributed by atoms with Crippen molar-refractivity contribution in [1.29, 1.82) is 0 Å². The summed E-state index contributed by atoms with van der Waals surface area (Å²) >= 11 is 1.48. The molecular weight excluding hydrogens is 452 g/mol. The number of nitrogens with one attached hydrogen (secondary N) is 3. The van der Waals surface area contributed by atoms with Crippen molar-refractivity contribution in [3.05, 3.63) is 48.3 Å². The summed E-state index contributed by atoms with van der Waals surface area (Å²) < 4.78 is 3.43. The second-order valence-electron chi connectivity index (χ2n) is 8.50. The van der Waals surface area contributed by atoms with Crippen LogP contribution >= 0.6 is 11.3 Å². The number of aromatic nitrogens is 5. The predicted octanol–water partition coefficient (Wildman–Crippen LogP) is 3.22. The van der Waals surface area contributed by atoms with Gasteiger partial charge in [-0.3, -0.25) is 19.3 Å². The molecule has 1 atom stereocenters. The molecule has 0 aromatic carbocycles. The monoisotopic (exact) mass is 478 g/mol. The van der Waals surface area contributed by atoms with Crippen molar-refractivity contribution >= 4 is 39.4 Å². The number of carbonyl (C=O) groups excluding carboxylic acids is 2. The minimum atomic E-state index is -0.282. The number of carbonyl (C=O) groups is 2. The molecular formula is C23H26N8O2S. The number of fused-ring (bicyclic) bond motifs is 1. The lowest BCUT2D eigenvalue weighted by Crippen LogP contribution is -2.23. The molecule has 5 heterocycles. The van der Waals surface area contributed by atoms with E-state index in [2.05, 4.69) is 31.1 Å². The summed E-state index contributed by atoms with van der Waals surface area (Å²) in [6, 6.07) is 2.16. The number of pyridine rings is 1. The van der Waals surface area contributed by atoms with Crippen LogP contribution in [0.3, 0.4) is 0 Å². The van der Waals surface area contributed by atoms with E-state index in [4.69, 9.17) is 0 Å². The van der Waals surface area contributed by atoms with E-state index in [1.165, 1.54) is 11.3 Å². The molecule has 1 unspecified atom stereocenters. The van der Waals surface area contributed by atoms with Crippen molar-refractivity contribution in [2.75, 3.05) is 17.2 Å². The summed E-state index contributed by atoms with van der Waals surface area (Å²) in [6.07, 6.45) is 12.3. The van der Waals surface area contributed by atoms with Gasteiger partial charge in [-0.05, 0) is 38.8 Å². The zero-order valence-electron chi connectivity index (χ0n) is 19.0. The van der Waals surface area contributed by atoms with Crippen LogP contribution in [-0.4, -0.2) is 48.8 Å². The Balaban J connectivity index is 1.28. The van der Waals surface area contributed by atoms with E-state index in [0.29, 0.717) is 35.1 Å². The van der Waals surface area contributed by atoms with Crippen LogP contribution < -0.4 is 16.0 Å². The number of thiazole rings is 1. The van der Waals surface area contributed by atoms with E-state index in [9.17, 15) is 9.59 Å². The fourth-order valence-electron chi connectivity index (χ4n) is 4.07. The van der Waals surface area contributed by atoms with Crippen LogP contribution in [0.25, 0.3) is 15.3 Å². The van der Waals surface area contributed by atoms with Crippen LogP contribution in [0, 0.1) is 6.92 Å². The molecule has 2 amide bonds. The van der Waals surface area contributed by atoms with Gasteiger partial charge in [-0.2, -0.15) is 10.2 Å². The SMILES string of the molecule is Cc1ncc(NC(=O)CCC2CCCN2)cc1NC(=O)c1cnn2cc(-c3cnn(C)c3)sc12. The molecule has 1 aliphatic heterocycles. The number of anilines is 2. The van der Waals surface area contributed by atoms with E-state index >= 15 is 0 Å². The number of amides is 2. The normalized spacial score (nSPS) is 15.6. The Morgan fingerprint density at radius 3 is 2.85 bits per heavy atom. The van der Waals surface area contributed by atoms with Crippen LogP contribution in [0.2, 0.25) is 0 Å². The molecule has 4 aromatic rings. The molecule has 3 N–H and O–H groups in total. The Hall–Kier alpha value is -3.57. The average molecular weight is 479 g/mol. The van der Waals surface area contributed by atoms with E-state index in [1.807, 2.05) is 26.4 Å². The van der Waals surface area contributed by atoms with Gasteiger partial charge in [-0.1, -0.05) is 0 Å². The lowest BCUT2D eigenvalue weighted by molar-refractivity contribution is -0.116. The molecule has 0 spiro atoms. The molecule has 1 saturated heterocycles. The Labute approximate surface area is 200 Å². The van der Waals surface area contributed by atoms with Crippen LogP contribution in [0.4, 0.5) is 11.4 Å². The molecule has 10 nitrogen and oxygen atoms in total. The lowest BCUT2D eigenvalue weighted by Gasteiger charge is -2.12. The number of aryl methyl sites for hydroxylation is 2. The van der Waals surface area contributed by atoms with Gasteiger partial charge < -0.3 is 16.0 Å². The summed E-state index contributed by atoms with van der Waals surface area (Å²) in [4.78, 5) is 31.5. The summed E-state index contributed by atoms with van der Waals surface area (Å²) in [6.45, 7) is 2.84. The van der Waals surface area contributed by atoms with E-state index < -0.39 is 0 Å².